The number of hydrogen-bond acceptors (Lipinski definition) is 6. The molecule has 0 atom stereocenters. The Morgan fingerprint density at radius 1 is 0.941 bits per heavy atom. The van der Waals surface area contributed by atoms with Gasteiger partial charge in [0.05, 0.1) is 23.5 Å². The van der Waals surface area contributed by atoms with Crippen molar-refractivity contribution in [3.8, 4) is 11.5 Å². The Labute approximate surface area is 201 Å². The van der Waals surface area contributed by atoms with Crippen molar-refractivity contribution in [3.63, 3.8) is 0 Å². The van der Waals surface area contributed by atoms with Crippen LogP contribution in [0.15, 0.2) is 85.1 Å². The van der Waals surface area contributed by atoms with Gasteiger partial charge in [-0.1, -0.05) is 53.8 Å². The molecular formula is C27H23N3O3S. The number of hydrogen-bond donors (Lipinski definition) is 0. The van der Waals surface area contributed by atoms with E-state index in [-0.39, 0.29) is 12.5 Å². The molecule has 5 rings (SSSR count). The van der Waals surface area contributed by atoms with E-state index >= 15 is 0 Å². The fourth-order valence-corrected chi connectivity index (χ4v) is 4.70. The van der Waals surface area contributed by atoms with Gasteiger partial charge in [-0.15, -0.1) is 0 Å². The zero-order chi connectivity index (χ0) is 23.3. The fraction of sp³-hybridized carbons (Fsp3) is 0.148. The van der Waals surface area contributed by atoms with Crippen LogP contribution in [0.5, 0.6) is 11.5 Å². The summed E-state index contributed by atoms with van der Waals surface area (Å²) in [6.07, 6.45) is 1.72. The molecule has 34 heavy (non-hydrogen) atoms. The van der Waals surface area contributed by atoms with E-state index < -0.39 is 0 Å². The molecule has 0 bridgehead atoms. The van der Waals surface area contributed by atoms with Gasteiger partial charge in [0.1, 0.15) is 17.0 Å². The predicted octanol–water partition coefficient (Wildman–Crippen LogP) is 5.86. The third-order valence-corrected chi connectivity index (χ3v) is 6.38. The average molecular weight is 470 g/mol. The van der Waals surface area contributed by atoms with Gasteiger partial charge in [0.2, 0.25) is 0 Å². The number of benzene rings is 3. The highest BCUT2D eigenvalue weighted by Crippen LogP contribution is 2.35. The summed E-state index contributed by atoms with van der Waals surface area (Å²) in [6, 6.07) is 25.3. The van der Waals surface area contributed by atoms with E-state index in [4.69, 9.17) is 14.5 Å². The molecule has 2 aromatic heterocycles. The van der Waals surface area contributed by atoms with Crippen molar-refractivity contribution in [2.45, 2.75) is 13.5 Å². The molecule has 0 aliphatic heterocycles. The minimum absolute atomic E-state index is 0.112. The number of thiazole rings is 1. The Kier molecular flexibility index (Phi) is 6.35. The summed E-state index contributed by atoms with van der Waals surface area (Å²) in [6.45, 7) is 2.67. The quantitative estimate of drug-likeness (QED) is 0.285. The maximum absolute atomic E-state index is 13.4. The number of anilines is 1. The van der Waals surface area contributed by atoms with E-state index in [1.807, 2.05) is 85.8 Å². The van der Waals surface area contributed by atoms with Crippen molar-refractivity contribution < 1.29 is 14.3 Å². The van der Waals surface area contributed by atoms with Crippen LogP contribution in [0.25, 0.3) is 21.0 Å². The van der Waals surface area contributed by atoms with E-state index in [2.05, 4.69) is 4.98 Å². The van der Waals surface area contributed by atoms with Crippen molar-refractivity contribution in [3.05, 3.63) is 90.8 Å². The molecule has 3 aromatic carbocycles. The lowest BCUT2D eigenvalue weighted by molar-refractivity contribution is -0.120. The molecule has 0 aliphatic carbocycles. The lowest BCUT2D eigenvalue weighted by Gasteiger charge is -2.20. The summed E-state index contributed by atoms with van der Waals surface area (Å²) in [5, 5.41) is 2.77. The van der Waals surface area contributed by atoms with Crippen molar-refractivity contribution in [1.82, 2.24) is 9.97 Å². The number of rotatable bonds is 8. The van der Waals surface area contributed by atoms with Crippen LogP contribution in [-0.2, 0) is 11.3 Å². The summed E-state index contributed by atoms with van der Waals surface area (Å²) >= 11 is 1.45. The van der Waals surface area contributed by atoms with Crippen LogP contribution in [-0.4, -0.2) is 29.1 Å². The number of para-hydroxylation sites is 1. The monoisotopic (exact) mass is 469 g/mol. The molecule has 0 unspecified atom stereocenters. The Bertz CT molecular complexity index is 1440. The van der Waals surface area contributed by atoms with Crippen LogP contribution in [0.4, 0.5) is 5.13 Å². The minimum Gasteiger partial charge on any atom is -0.492 e. The van der Waals surface area contributed by atoms with Gasteiger partial charge in [-0.05, 0) is 54.1 Å². The topological polar surface area (TPSA) is 64.5 Å². The molecular weight excluding hydrogens is 446 g/mol. The zero-order valence-electron chi connectivity index (χ0n) is 18.7. The highest BCUT2D eigenvalue weighted by atomic mass is 32.1. The Morgan fingerprint density at radius 3 is 2.62 bits per heavy atom. The SMILES string of the molecule is CCOc1cccc2sc(N(Cc3ccccn3)C(=O)COc3ccc4ccccc4c3)nc12. The van der Waals surface area contributed by atoms with Gasteiger partial charge < -0.3 is 9.47 Å². The first kappa shape index (κ1) is 21.9. The van der Waals surface area contributed by atoms with Crippen LogP contribution >= 0.6 is 11.3 Å². The van der Waals surface area contributed by atoms with Gasteiger partial charge in [0, 0.05) is 6.20 Å². The number of ether oxygens (including phenoxy) is 2. The summed E-state index contributed by atoms with van der Waals surface area (Å²) in [4.78, 5) is 24.2. The first-order chi connectivity index (χ1) is 16.7. The minimum atomic E-state index is -0.198. The fourth-order valence-electron chi connectivity index (χ4n) is 3.70. The van der Waals surface area contributed by atoms with E-state index in [0.29, 0.717) is 29.8 Å². The zero-order valence-corrected chi connectivity index (χ0v) is 19.5. The summed E-state index contributed by atoms with van der Waals surface area (Å²) in [5.41, 5.74) is 1.52. The molecule has 0 fully saturated rings. The molecule has 0 radical (unpaired) electrons. The third kappa shape index (κ3) is 4.70. The lowest BCUT2D eigenvalue weighted by Crippen LogP contribution is -2.34. The van der Waals surface area contributed by atoms with Gasteiger partial charge in [-0.2, -0.15) is 0 Å². The molecule has 1 amide bonds. The second kappa shape index (κ2) is 9.89. The van der Waals surface area contributed by atoms with Crippen LogP contribution in [0, 0.1) is 0 Å². The third-order valence-electron chi connectivity index (χ3n) is 5.33. The molecule has 170 valence electrons. The molecule has 0 saturated carbocycles. The second-order valence-corrected chi connectivity index (χ2v) is 8.64. The predicted molar refractivity (Wildman–Crippen MR) is 136 cm³/mol. The van der Waals surface area contributed by atoms with Gasteiger partial charge in [-0.3, -0.25) is 14.7 Å². The van der Waals surface area contributed by atoms with Crippen molar-refractivity contribution in [2.24, 2.45) is 0 Å². The number of amides is 1. The molecule has 0 N–H and O–H groups in total. The Hall–Kier alpha value is -3.97. The maximum Gasteiger partial charge on any atom is 0.267 e. The van der Waals surface area contributed by atoms with Crippen LogP contribution in [0.2, 0.25) is 0 Å². The van der Waals surface area contributed by atoms with Crippen molar-refractivity contribution in [2.75, 3.05) is 18.1 Å². The normalized spacial score (nSPS) is 11.0. The molecule has 0 aliphatic rings. The average Bonchev–Trinajstić information content (AvgIpc) is 3.31. The summed E-state index contributed by atoms with van der Waals surface area (Å²) < 4.78 is 12.6. The van der Waals surface area contributed by atoms with E-state index in [1.54, 1.807) is 11.1 Å². The van der Waals surface area contributed by atoms with E-state index in [9.17, 15) is 4.79 Å². The van der Waals surface area contributed by atoms with Crippen LogP contribution in [0.1, 0.15) is 12.6 Å². The van der Waals surface area contributed by atoms with Gasteiger partial charge in [0.25, 0.3) is 5.91 Å². The molecule has 5 aromatic rings. The van der Waals surface area contributed by atoms with Crippen LogP contribution in [0.3, 0.4) is 0 Å². The van der Waals surface area contributed by atoms with E-state index in [0.717, 1.165) is 26.7 Å². The number of carbonyl (C=O) groups is 1. The molecule has 2 heterocycles. The van der Waals surface area contributed by atoms with E-state index in [1.165, 1.54) is 11.3 Å². The molecule has 0 spiro atoms. The molecule has 0 saturated heterocycles. The number of aromatic nitrogens is 2. The lowest BCUT2D eigenvalue weighted by atomic mass is 10.1. The first-order valence-electron chi connectivity index (χ1n) is 11.1. The highest BCUT2D eigenvalue weighted by molar-refractivity contribution is 7.22. The van der Waals surface area contributed by atoms with Crippen molar-refractivity contribution in [1.29, 1.82) is 0 Å². The largest absolute Gasteiger partial charge is 0.492 e. The number of pyridine rings is 1. The molecule has 6 nitrogen and oxygen atoms in total. The van der Waals surface area contributed by atoms with Gasteiger partial charge in [-0.25, -0.2) is 4.98 Å². The summed E-state index contributed by atoms with van der Waals surface area (Å²) in [5.74, 6) is 1.16. The standard InChI is InChI=1S/C27H23N3O3S/c1-2-32-23-11-7-12-24-26(23)29-27(34-24)30(17-21-10-5-6-15-28-21)25(31)18-33-22-14-13-19-8-3-4-9-20(19)16-22/h3-16H,2,17-18H2,1H3. The number of nitrogens with zero attached hydrogens (tertiary/aromatic N) is 3. The Morgan fingerprint density at radius 2 is 1.79 bits per heavy atom. The van der Waals surface area contributed by atoms with Crippen LogP contribution < -0.4 is 14.4 Å². The van der Waals surface area contributed by atoms with Gasteiger partial charge in [0.15, 0.2) is 11.7 Å². The van der Waals surface area contributed by atoms with Crippen molar-refractivity contribution >= 4 is 43.4 Å². The second-order valence-electron chi connectivity index (χ2n) is 7.63. The highest BCUT2D eigenvalue weighted by Gasteiger charge is 2.22. The maximum atomic E-state index is 13.4. The Balaban J connectivity index is 1.42. The number of fused-ring (bicyclic) bond motifs is 2. The first-order valence-corrected chi connectivity index (χ1v) is 11.9. The number of carbonyl (C=O) groups excluding carboxylic acids is 1. The summed E-state index contributed by atoms with van der Waals surface area (Å²) in [7, 11) is 0. The van der Waals surface area contributed by atoms with Gasteiger partial charge >= 0.3 is 0 Å². The smallest absolute Gasteiger partial charge is 0.267 e. The molecule has 7 heteroatoms.